The summed E-state index contributed by atoms with van der Waals surface area (Å²) >= 11 is 0. The molecule has 0 unspecified atom stereocenters. The Balaban J connectivity index is 2.41. The second-order valence-electron chi connectivity index (χ2n) is 4.49. The zero-order valence-corrected chi connectivity index (χ0v) is 8.25. The van der Waals surface area contributed by atoms with Gasteiger partial charge in [-0.05, 0) is 30.6 Å². The molecule has 78 valence electrons. The molecule has 3 heteroatoms. The highest BCUT2D eigenvalue weighted by Crippen LogP contribution is 2.51. The molecule has 0 N–H and O–H groups in total. The fraction of sp³-hybridized carbons (Fsp3) is 1.00. The molecule has 1 aliphatic carbocycles. The number of halogens is 3. The van der Waals surface area contributed by atoms with Crippen molar-refractivity contribution in [1.29, 1.82) is 0 Å². The normalized spacial score (nSPS) is 21.7. The topological polar surface area (TPSA) is 0 Å². The largest absolute Gasteiger partial charge is 0.389 e. The molecular formula is C10H17F3. The molecule has 0 aromatic heterocycles. The van der Waals surface area contributed by atoms with Gasteiger partial charge in [-0.25, -0.2) is 0 Å². The minimum Gasteiger partial charge on any atom is -0.171 e. The van der Waals surface area contributed by atoms with E-state index in [9.17, 15) is 13.2 Å². The highest BCUT2D eigenvalue weighted by molar-refractivity contribution is 4.90. The zero-order chi connectivity index (χ0) is 10.1. The third-order valence-corrected chi connectivity index (χ3v) is 3.48. The molecule has 0 heterocycles. The van der Waals surface area contributed by atoms with Crippen LogP contribution in [0, 0.1) is 11.3 Å². The van der Waals surface area contributed by atoms with E-state index in [4.69, 9.17) is 0 Å². The van der Waals surface area contributed by atoms with Crippen LogP contribution in [0.3, 0.4) is 0 Å². The summed E-state index contributed by atoms with van der Waals surface area (Å²) in [5, 5.41) is 0. The molecule has 0 aromatic rings. The predicted molar refractivity (Wildman–Crippen MR) is 46.4 cm³/mol. The van der Waals surface area contributed by atoms with Crippen LogP contribution in [-0.2, 0) is 0 Å². The second kappa shape index (κ2) is 3.50. The van der Waals surface area contributed by atoms with Crippen molar-refractivity contribution < 1.29 is 13.2 Å². The molecule has 1 aliphatic rings. The summed E-state index contributed by atoms with van der Waals surface area (Å²) in [6.45, 7) is 4.07. The Morgan fingerprint density at radius 3 is 2.00 bits per heavy atom. The van der Waals surface area contributed by atoms with Crippen molar-refractivity contribution in [3.63, 3.8) is 0 Å². The maximum absolute atomic E-state index is 12.0. The standard InChI is InChI=1S/C10H17F3/c1-8(2)9(4-3-5-9)6-7-10(11,12)13/h8H,3-7H2,1-2H3. The van der Waals surface area contributed by atoms with Gasteiger partial charge in [0.05, 0.1) is 0 Å². The Morgan fingerprint density at radius 1 is 1.23 bits per heavy atom. The number of hydrogen-bond donors (Lipinski definition) is 0. The van der Waals surface area contributed by atoms with Gasteiger partial charge in [0.15, 0.2) is 0 Å². The quantitative estimate of drug-likeness (QED) is 0.633. The molecule has 0 atom stereocenters. The molecule has 1 saturated carbocycles. The Hall–Kier alpha value is -0.210. The highest BCUT2D eigenvalue weighted by atomic mass is 19.4. The minimum atomic E-state index is -3.97. The smallest absolute Gasteiger partial charge is 0.171 e. The number of rotatable bonds is 3. The van der Waals surface area contributed by atoms with Gasteiger partial charge in [-0.15, -0.1) is 0 Å². The van der Waals surface area contributed by atoms with Crippen molar-refractivity contribution in [3.8, 4) is 0 Å². The van der Waals surface area contributed by atoms with E-state index in [-0.39, 0.29) is 5.41 Å². The second-order valence-corrected chi connectivity index (χ2v) is 4.49. The lowest BCUT2D eigenvalue weighted by atomic mass is 9.60. The average molecular weight is 194 g/mol. The summed E-state index contributed by atoms with van der Waals surface area (Å²) in [6, 6.07) is 0. The van der Waals surface area contributed by atoms with Crippen LogP contribution in [0.5, 0.6) is 0 Å². The van der Waals surface area contributed by atoms with Crippen LogP contribution < -0.4 is 0 Å². The van der Waals surface area contributed by atoms with Gasteiger partial charge < -0.3 is 0 Å². The molecule has 1 rings (SSSR count). The molecule has 0 aliphatic heterocycles. The molecule has 0 aromatic carbocycles. The van der Waals surface area contributed by atoms with Crippen LogP contribution in [0.15, 0.2) is 0 Å². The molecule has 0 saturated heterocycles. The van der Waals surface area contributed by atoms with E-state index in [0.29, 0.717) is 12.3 Å². The van der Waals surface area contributed by atoms with E-state index in [0.717, 1.165) is 19.3 Å². The van der Waals surface area contributed by atoms with Gasteiger partial charge in [0.25, 0.3) is 0 Å². The Morgan fingerprint density at radius 2 is 1.77 bits per heavy atom. The lowest BCUT2D eigenvalue weighted by Gasteiger charge is -2.46. The summed E-state index contributed by atoms with van der Waals surface area (Å²) in [5.41, 5.74) is 0.00944. The SMILES string of the molecule is CC(C)C1(CCC(F)(F)F)CCC1. The molecule has 0 spiro atoms. The van der Waals surface area contributed by atoms with E-state index >= 15 is 0 Å². The fourth-order valence-electron chi connectivity index (χ4n) is 2.14. The van der Waals surface area contributed by atoms with Crippen molar-refractivity contribution in [2.24, 2.45) is 11.3 Å². The summed E-state index contributed by atoms with van der Waals surface area (Å²) in [4.78, 5) is 0. The molecule has 1 fully saturated rings. The van der Waals surface area contributed by atoms with Gasteiger partial charge >= 0.3 is 6.18 Å². The Kier molecular flexibility index (Phi) is 2.93. The molecule has 13 heavy (non-hydrogen) atoms. The third-order valence-electron chi connectivity index (χ3n) is 3.48. The van der Waals surface area contributed by atoms with E-state index in [1.165, 1.54) is 0 Å². The summed E-state index contributed by atoms with van der Waals surface area (Å²) in [5.74, 6) is 0.392. The van der Waals surface area contributed by atoms with Crippen LogP contribution in [0.4, 0.5) is 13.2 Å². The van der Waals surface area contributed by atoms with Crippen LogP contribution in [-0.4, -0.2) is 6.18 Å². The van der Waals surface area contributed by atoms with E-state index in [2.05, 4.69) is 0 Å². The van der Waals surface area contributed by atoms with Crippen LogP contribution in [0.1, 0.15) is 46.0 Å². The van der Waals surface area contributed by atoms with Crippen molar-refractivity contribution in [2.75, 3.05) is 0 Å². The van der Waals surface area contributed by atoms with Crippen molar-refractivity contribution in [3.05, 3.63) is 0 Å². The zero-order valence-electron chi connectivity index (χ0n) is 8.25. The van der Waals surface area contributed by atoms with Crippen molar-refractivity contribution in [2.45, 2.75) is 52.1 Å². The van der Waals surface area contributed by atoms with Crippen molar-refractivity contribution >= 4 is 0 Å². The first-order chi connectivity index (χ1) is 5.86. The van der Waals surface area contributed by atoms with Gasteiger partial charge in [0.2, 0.25) is 0 Å². The van der Waals surface area contributed by atoms with Gasteiger partial charge in [-0.1, -0.05) is 20.3 Å². The van der Waals surface area contributed by atoms with E-state index in [1.807, 2.05) is 13.8 Å². The van der Waals surface area contributed by atoms with E-state index < -0.39 is 12.6 Å². The maximum atomic E-state index is 12.0. The molecular weight excluding hydrogens is 177 g/mol. The Labute approximate surface area is 77.5 Å². The molecule has 0 nitrogen and oxygen atoms in total. The number of hydrogen-bond acceptors (Lipinski definition) is 0. The molecule has 0 bridgehead atoms. The fourth-order valence-corrected chi connectivity index (χ4v) is 2.14. The van der Waals surface area contributed by atoms with Gasteiger partial charge in [0, 0.05) is 6.42 Å². The molecule has 0 radical (unpaired) electrons. The first-order valence-corrected chi connectivity index (χ1v) is 4.92. The maximum Gasteiger partial charge on any atom is 0.389 e. The first-order valence-electron chi connectivity index (χ1n) is 4.92. The summed E-state index contributed by atoms with van der Waals surface area (Å²) in [7, 11) is 0. The summed E-state index contributed by atoms with van der Waals surface area (Å²) < 4.78 is 36.0. The van der Waals surface area contributed by atoms with E-state index in [1.54, 1.807) is 0 Å². The van der Waals surface area contributed by atoms with Crippen molar-refractivity contribution in [1.82, 2.24) is 0 Å². The van der Waals surface area contributed by atoms with Gasteiger partial charge in [-0.3, -0.25) is 0 Å². The number of alkyl halides is 3. The van der Waals surface area contributed by atoms with Gasteiger partial charge in [0.1, 0.15) is 0 Å². The van der Waals surface area contributed by atoms with Crippen LogP contribution in [0.2, 0.25) is 0 Å². The van der Waals surface area contributed by atoms with Gasteiger partial charge in [-0.2, -0.15) is 13.2 Å². The lowest BCUT2D eigenvalue weighted by Crippen LogP contribution is -2.35. The summed E-state index contributed by atoms with van der Waals surface area (Å²) in [6.07, 6.45) is -1.17. The predicted octanol–water partition coefficient (Wildman–Crippen LogP) is 4.16. The average Bonchev–Trinajstić information content (AvgIpc) is 1.80. The monoisotopic (exact) mass is 194 g/mol. The minimum absolute atomic E-state index is 0.00944. The first kappa shape index (κ1) is 10.9. The van der Waals surface area contributed by atoms with Crippen LogP contribution >= 0.6 is 0 Å². The third kappa shape index (κ3) is 2.61. The van der Waals surface area contributed by atoms with Crippen LogP contribution in [0.25, 0.3) is 0 Å². The Bertz CT molecular complexity index is 165. The lowest BCUT2D eigenvalue weighted by molar-refractivity contribution is -0.146. The molecule has 0 amide bonds. The highest BCUT2D eigenvalue weighted by Gasteiger charge is 2.42.